The Bertz CT molecular complexity index is 1220. The number of nitrogens with one attached hydrogen (secondary N) is 1. The molecule has 7 nitrogen and oxygen atoms in total. The largest absolute Gasteiger partial charge is 0.379 e. The molecule has 35 heavy (non-hydrogen) atoms. The van der Waals surface area contributed by atoms with Crippen molar-refractivity contribution < 1.29 is 14.5 Å². The summed E-state index contributed by atoms with van der Waals surface area (Å²) < 4.78 is 0. The van der Waals surface area contributed by atoms with E-state index in [2.05, 4.69) is 5.32 Å². The molecule has 3 aromatic carbocycles. The molecule has 3 aromatic rings. The average molecular weight is 468 g/mol. The Kier molecular flexibility index (Phi) is 6.14. The van der Waals surface area contributed by atoms with Gasteiger partial charge in [-0.25, -0.2) is 4.90 Å². The van der Waals surface area contributed by atoms with Gasteiger partial charge in [-0.15, -0.1) is 0 Å². The second-order valence-electron chi connectivity index (χ2n) is 8.88. The second kappa shape index (κ2) is 9.54. The highest BCUT2D eigenvalue weighted by molar-refractivity contribution is 6.22. The van der Waals surface area contributed by atoms with Gasteiger partial charge in [-0.2, -0.15) is 0 Å². The van der Waals surface area contributed by atoms with Crippen molar-refractivity contribution in [2.75, 3.05) is 16.8 Å². The van der Waals surface area contributed by atoms with Crippen LogP contribution in [0.1, 0.15) is 29.9 Å². The lowest BCUT2D eigenvalue weighted by atomic mass is 9.85. The van der Waals surface area contributed by atoms with Gasteiger partial charge < -0.3 is 5.32 Å². The number of imide groups is 1. The van der Waals surface area contributed by atoms with Gasteiger partial charge in [0.15, 0.2) is 0 Å². The van der Waals surface area contributed by atoms with Crippen LogP contribution < -0.4 is 10.2 Å². The first kappa shape index (κ1) is 22.5. The predicted molar refractivity (Wildman–Crippen MR) is 134 cm³/mol. The minimum Gasteiger partial charge on any atom is -0.379 e. The van der Waals surface area contributed by atoms with Gasteiger partial charge in [-0.05, 0) is 36.1 Å². The summed E-state index contributed by atoms with van der Waals surface area (Å²) in [6.07, 6.45) is 4.88. The first-order valence-corrected chi connectivity index (χ1v) is 11.7. The van der Waals surface area contributed by atoms with Gasteiger partial charge in [0.05, 0.1) is 22.4 Å². The van der Waals surface area contributed by atoms with E-state index in [4.69, 9.17) is 0 Å². The Hall–Kier alpha value is -4.26. The molecule has 0 radical (unpaired) electrons. The third-order valence-electron chi connectivity index (χ3n) is 6.84. The molecule has 1 saturated heterocycles. The Morgan fingerprint density at radius 3 is 1.91 bits per heavy atom. The summed E-state index contributed by atoms with van der Waals surface area (Å²) in [5, 5.41) is 15.2. The highest BCUT2D eigenvalue weighted by Crippen LogP contribution is 2.40. The van der Waals surface area contributed by atoms with Crippen LogP contribution in [0.25, 0.3) is 0 Å². The monoisotopic (exact) mass is 467 g/mol. The third kappa shape index (κ3) is 4.33. The van der Waals surface area contributed by atoms with Crippen LogP contribution in [0.3, 0.4) is 0 Å². The Labute approximate surface area is 203 Å². The number of hydrogen-bond donors (Lipinski definition) is 1. The number of carbonyl (C=O) groups is 2. The van der Waals surface area contributed by atoms with Crippen LogP contribution >= 0.6 is 0 Å². The molecule has 0 spiro atoms. The molecule has 1 aliphatic heterocycles. The van der Waals surface area contributed by atoms with E-state index in [9.17, 15) is 19.7 Å². The second-order valence-corrected chi connectivity index (χ2v) is 8.88. The fourth-order valence-electron chi connectivity index (χ4n) is 5.03. The summed E-state index contributed by atoms with van der Waals surface area (Å²) in [6, 6.07) is 24.5. The highest BCUT2D eigenvalue weighted by atomic mass is 16.6. The molecule has 2 aliphatic rings. The number of anilines is 2. The molecule has 0 saturated carbocycles. The van der Waals surface area contributed by atoms with Crippen molar-refractivity contribution in [2.45, 2.75) is 18.8 Å². The fourth-order valence-corrected chi connectivity index (χ4v) is 5.03. The number of hydrogen-bond acceptors (Lipinski definition) is 5. The number of rotatable bonds is 7. The van der Waals surface area contributed by atoms with Crippen LogP contribution in [0.15, 0.2) is 91.0 Å². The molecule has 1 heterocycles. The van der Waals surface area contributed by atoms with E-state index in [0.29, 0.717) is 25.1 Å². The van der Waals surface area contributed by atoms with Crippen LogP contribution in [-0.4, -0.2) is 23.3 Å². The number of allylic oxidation sites excluding steroid dienone is 2. The molecular formula is C28H25N3O4. The van der Waals surface area contributed by atoms with E-state index < -0.39 is 4.92 Å². The molecule has 0 aromatic heterocycles. The molecule has 1 N–H and O–H groups in total. The molecule has 1 fully saturated rings. The first-order valence-electron chi connectivity index (χ1n) is 11.7. The van der Waals surface area contributed by atoms with Gasteiger partial charge in [-0.1, -0.05) is 72.8 Å². The maximum atomic E-state index is 12.9. The highest BCUT2D eigenvalue weighted by Gasteiger charge is 2.48. The normalized spacial score (nSPS) is 19.2. The number of nitrogens with zero attached hydrogens (tertiary/aromatic N) is 2. The molecule has 5 rings (SSSR count). The van der Waals surface area contributed by atoms with E-state index in [1.54, 1.807) is 12.1 Å². The van der Waals surface area contributed by atoms with Crippen molar-refractivity contribution >= 4 is 28.9 Å². The van der Waals surface area contributed by atoms with Crippen molar-refractivity contribution in [1.82, 2.24) is 0 Å². The number of nitro groups is 1. The van der Waals surface area contributed by atoms with E-state index in [0.717, 1.165) is 16.0 Å². The zero-order valence-electron chi connectivity index (χ0n) is 19.0. The van der Waals surface area contributed by atoms with E-state index in [-0.39, 0.29) is 40.9 Å². The van der Waals surface area contributed by atoms with E-state index in [1.165, 1.54) is 6.07 Å². The number of benzene rings is 3. The number of nitro benzene ring substituents is 1. The van der Waals surface area contributed by atoms with Crippen molar-refractivity contribution in [2.24, 2.45) is 11.8 Å². The zero-order valence-corrected chi connectivity index (χ0v) is 19.0. The van der Waals surface area contributed by atoms with E-state index in [1.807, 2.05) is 72.8 Å². The minimum atomic E-state index is -0.481. The topological polar surface area (TPSA) is 92.6 Å². The van der Waals surface area contributed by atoms with Gasteiger partial charge in [-0.3, -0.25) is 19.7 Å². The SMILES string of the molecule is O=C1[C@@H]2CC=CC[C@H]2C(=O)N1c1ccc(NCC(c2ccccc2)c2ccccc2)c([N+](=O)[O-])c1. The van der Waals surface area contributed by atoms with Gasteiger partial charge >= 0.3 is 0 Å². The van der Waals surface area contributed by atoms with Crippen LogP contribution in [0.4, 0.5) is 17.1 Å². The number of carbonyl (C=O) groups excluding carboxylic acids is 2. The van der Waals surface area contributed by atoms with Crippen molar-refractivity contribution in [3.63, 3.8) is 0 Å². The lowest BCUT2D eigenvalue weighted by Gasteiger charge is -2.20. The summed E-state index contributed by atoms with van der Waals surface area (Å²) >= 11 is 0. The summed E-state index contributed by atoms with van der Waals surface area (Å²) in [4.78, 5) is 38.5. The molecule has 1 aliphatic carbocycles. The molecule has 176 valence electrons. The number of amides is 2. The lowest BCUT2D eigenvalue weighted by Crippen LogP contribution is -2.31. The van der Waals surface area contributed by atoms with Crippen molar-refractivity contribution in [3.05, 3.63) is 112 Å². The molecule has 2 amide bonds. The summed E-state index contributed by atoms with van der Waals surface area (Å²) in [6.45, 7) is 0.436. The summed E-state index contributed by atoms with van der Waals surface area (Å²) in [5.74, 6) is -1.36. The Morgan fingerprint density at radius 2 is 1.40 bits per heavy atom. The molecule has 0 bridgehead atoms. The van der Waals surface area contributed by atoms with Gasteiger partial charge in [0.2, 0.25) is 11.8 Å². The van der Waals surface area contributed by atoms with Crippen molar-refractivity contribution in [3.8, 4) is 0 Å². The van der Waals surface area contributed by atoms with Gasteiger partial charge in [0, 0.05) is 18.5 Å². The quantitative estimate of drug-likeness (QED) is 0.220. The van der Waals surface area contributed by atoms with Crippen LogP contribution in [0.5, 0.6) is 0 Å². The fraction of sp³-hybridized carbons (Fsp3) is 0.214. The summed E-state index contributed by atoms with van der Waals surface area (Å²) in [7, 11) is 0. The van der Waals surface area contributed by atoms with Crippen LogP contribution in [-0.2, 0) is 9.59 Å². The molecule has 2 atom stereocenters. The van der Waals surface area contributed by atoms with Crippen molar-refractivity contribution in [1.29, 1.82) is 0 Å². The predicted octanol–water partition coefficient (Wildman–Crippen LogP) is 5.29. The zero-order chi connectivity index (χ0) is 24.4. The molecule has 7 heteroatoms. The van der Waals surface area contributed by atoms with Gasteiger partial charge in [0.1, 0.15) is 5.69 Å². The number of fused-ring (bicyclic) bond motifs is 1. The van der Waals surface area contributed by atoms with Gasteiger partial charge in [0.25, 0.3) is 5.69 Å². The Morgan fingerprint density at radius 1 is 0.857 bits per heavy atom. The Balaban J connectivity index is 1.42. The average Bonchev–Trinajstić information content (AvgIpc) is 3.15. The minimum absolute atomic E-state index is 0.0194. The van der Waals surface area contributed by atoms with Crippen LogP contribution in [0, 0.1) is 22.0 Å². The van der Waals surface area contributed by atoms with Crippen LogP contribution in [0.2, 0.25) is 0 Å². The molecule has 0 unspecified atom stereocenters. The smallest absolute Gasteiger partial charge is 0.294 e. The van der Waals surface area contributed by atoms with E-state index >= 15 is 0 Å². The standard InChI is InChI=1S/C28H25N3O4/c32-27-22-13-7-8-14-23(22)28(33)30(27)21-15-16-25(26(17-21)31(34)35)29-18-24(19-9-3-1-4-10-19)20-11-5-2-6-12-20/h1-12,15-17,22-24,29H,13-14,18H2/t22-,23-/m1/s1. The molecular weight excluding hydrogens is 442 g/mol. The first-order chi connectivity index (χ1) is 17.0. The summed E-state index contributed by atoms with van der Waals surface area (Å²) in [5.41, 5.74) is 2.60. The third-order valence-corrected chi connectivity index (χ3v) is 6.84. The maximum absolute atomic E-state index is 12.9. The lowest BCUT2D eigenvalue weighted by molar-refractivity contribution is -0.383. The maximum Gasteiger partial charge on any atom is 0.294 e.